The molecule has 54 valence electrons. The summed E-state index contributed by atoms with van der Waals surface area (Å²) in [6, 6.07) is 0. The van der Waals surface area contributed by atoms with Crippen molar-refractivity contribution in [1.82, 2.24) is 0 Å². The molecule has 0 amide bonds. The van der Waals surface area contributed by atoms with Crippen molar-refractivity contribution in [2.24, 2.45) is 5.92 Å². The maximum Gasteiger partial charge on any atom is 0.0652 e. The van der Waals surface area contributed by atoms with Crippen LogP contribution in [0.25, 0.3) is 0 Å². The quantitative estimate of drug-likeness (QED) is 0.585. The van der Waals surface area contributed by atoms with Crippen molar-refractivity contribution in [1.29, 1.82) is 0 Å². The Labute approximate surface area is 55.5 Å². The average molecular weight is 130 g/mol. The molecule has 0 aromatic carbocycles. The Morgan fingerprint density at radius 1 is 1.67 bits per heavy atom. The smallest absolute Gasteiger partial charge is 0.0652 e. The van der Waals surface area contributed by atoms with Crippen LogP contribution in [0.3, 0.4) is 0 Å². The lowest BCUT2D eigenvalue weighted by molar-refractivity contribution is 0.147. The van der Waals surface area contributed by atoms with Gasteiger partial charge < -0.3 is 10.2 Å². The summed E-state index contributed by atoms with van der Waals surface area (Å²) in [5, 5.41) is 17.7. The van der Waals surface area contributed by atoms with Gasteiger partial charge in [0.1, 0.15) is 0 Å². The number of rotatable bonds is 3. The van der Waals surface area contributed by atoms with E-state index >= 15 is 0 Å². The highest BCUT2D eigenvalue weighted by molar-refractivity contribution is 4.98. The third-order valence-electron chi connectivity index (χ3n) is 2.09. The van der Waals surface area contributed by atoms with Crippen molar-refractivity contribution in [3.8, 4) is 0 Å². The molecule has 1 fully saturated rings. The van der Waals surface area contributed by atoms with Crippen LogP contribution >= 0.6 is 0 Å². The molecule has 0 aromatic heterocycles. The third kappa shape index (κ3) is 1.66. The van der Waals surface area contributed by atoms with Crippen molar-refractivity contribution < 1.29 is 10.2 Å². The summed E-state index contributed by atoms with van der Waals surface area (Å²) in [6.45, 7) is 2.11. The number of hydrogen-bond donors (Lipinski definition) is 2. The van der Waals surface area contributed by atoms with Crippen molar-refractivity contribution in [3.05, 3.63) is 0 Å². The maximum atomic E-state index is 9.24. The van der Waals surface area contributed by atoms with Gasteiger partial charge in [0.05, 0.1) is 5.60 Å². The fourth-order valence-electron chi connectivity index (χ4n) is 1.19. The predicted molar refractivity (Wildman–Crippen MR) is 35.1 cm³/mol. The zero-order valence-electron chi connectivity index (χ0n) is 5.80. The predicted octanol–water partition coefficient (Wildman–Crippen LogP) is 0.530. The lowest BCUT2D eigenvalue weighted by Crippen LogP contribution is -2.03. The number of aliphatic hydroxyl groups excluding tert-OH is 1. The molecule has 0 saturated heterocycles. The molecule has 9 heavy (non-hydrogen) atoms. The Morgan fingerprint density at radius 2 is 2.22 bits per heavy atom. The molecule has 1 aliphatic rings. The van der Waals surface area contributed by atoms with Crippen molar-refractivity contribution in [2.45, 2.75) is 31.8 Å². The minimum atomic E-state index is -0.394. The van der Waals surface area contributed by atoms with Crippen LogP contribution in [0, 0.1) is 5.92 Å². The fraction of sp³-hybridized carbons (Fsp3) is 1.00. The highest BCUT2D eigenvalue weighted by Gasteiger charge is 2.47. The monoisotopic (exact) mass is 130 g/mol. The molecule has 0 bridgehead atoms. The first-order chi connectivity index (χ1) is 4.17. The molecular formula is C7H14O2. The average Bonchev–Trinajstić information content (AvgIpc) is 2.35. The Bertz CT molecular complexity index is 99.1. The second kappa shape index (κ2) is 2.27. The second-order valence-corrected chi connectivity index (χ2v) is 3.12. The molecular weight excluding hydrogens is 116 g/mol. The van der Waals surface area contributed by atoms with E-state index in [1.165, 1.54) is 0 Å². The van der Waals surface area contributed by atoms with Gasteiger partial charge >= 0.3 is 0 Å². The molecule has 0 aliphatic heterocycles. The molecule has 0 spiro atoms. The molecule has 2 N–H and O–H groups in total. The van der Waals surface area contributed by atoms with Crippen LogP contribution in [0.2, 0.25) is 0 Å². The summed E-state index contributed by atoms with van der Waals surface area (Å²) in [5.74, 6) is 0.463. The van der Waals surface area contributed by atoms with Crippen LogP contribution in [-0.4, -0.2) is 22.4 Å². The molecule has 1 aliphatic carbocycles. The van der Waals surface area contributed by atoms with E-state index < -0.39 is 5.60 Å². The highest BCUT2D eigenvalue weighted by Crippen LogP contribution is 2.45. The number of aliphatic hydroxyl groups is 2. The molecule has 1 saturated carbocycles. The van der Waals surface area contributed by atoms with Crippen LogP contribution in [0.1, 0.15) is 26.2 Å². The van der Waals surface area contributed by atoms with Gasteiger partial charge in [0.2, 0.25) is 0 Å². The Hall–Kier alpha value is -0.0800. The van der Waals surface area contributed by atoms with E-state index in [4.69, 9.17) is 5.11 Å². The van der Waals surface area contributed by atoms with E-state index in [-0.39, 0.29) is 6.61 Å². The van der Waals surface area contributed by atoms with Crippen LogP contribution < -0.4 is 0 Å². The molecule has 2 atom stereocenters. The van der Waals surface area contributed by atoms with Gasteiger partial charge in [-0.25, -0.2) is 0 Å². The molecule has 1 rings (SSSR count). The third-order valence-corrected chi connectivity index (χ3v) is 2.09. The molecule has 0 heterocycles. The van der Waals surface area contributed by atoms with Gasteiger partial charge in [-0.3, -0.25) is 0 Å². The molecule has 0 unspecified atom stereocenters. The highest BCUT2D eigenvalue weighted by atomic mass is 16.3. The summed E-state index contributed by atoms with van der Waals surface area (Å²) < 4.78 is 0. The standard InChI is InChI=1S/C7H14O2/c1-7(9)5-6(7)3-2-4-8/h6,8-9H,2-5H2,1H3/t6-,7+/m0/s1. The summed E-state index contributed by atoms with van der Waals surface area (Å²) in [4.78, 5) is 0. The minimum Gasteiger partial charge on any atom is -0.396 e. The summed E-state index contributed by atoms with van der Waals surface area (Å²) >= 11 is 0. The Balaban J connectivity index is 2.06. The SMILES string of the molecule is C[C@@]1(O)C[C@@H]1CCCO. The first kappa shape index (κ1) is 7.03. The zero-order valence-corrected chi connectivity index (χ0v) is 5.80. The first-order valence-electron chi connectivity index (χ1n) is 3.50. The summed E-state index contributed by atoms with van der Waals surface area (Å²) in [5.41, 5.74) is -0.394. The lowest BCUT2D eigenvalue weighted by atomic mass is 10.2. The lowest BCUT2D eigenvalue weighted by Gasteiger charge is -1.99. The number of hydrogen-bond acceptors (Lipinski definition) is 2. The van der Waals surface area contributed by atoms with E-state index in [1.54, 1.807) is 0 Å². The molecule has 0 radical (unpaired) electrons. The normalized spacial score (nSPS) is 41.0. The van der Waals surface area contributed by atoms with E-state index in [2.05, 4.69) is 0 Å². The van der Waals surface area contributed by atoms with Gasteiger partial charge in [0, 0.05) is 6.61 Å². The van der Waals surface area contributed by atoms with Gasteiger partial charge in [-0.2, -0.15) is 0 Å². The van der Waals surface area contributed by atoms with Crippen molar-refractivity contribution in [2.75, 3.05) is 6.61 Å². The minimum absolute atomic E-state index is 0.257. The van der Waals surface area contributed by atoms with Crippen LogP contribution in [-0.2, 0) is 0 Å². The van der Waals surface area contributed by atoms with Crippen LogP contribution in [0.5, 0.6) is 0 Å². The van der Waals surface area contributed by atoms with Gasteiger partial charge in [-0.15, -0.1) is 0 Å². The van der Waals surface area contributed by atoms with Gasteiger partial charge in [0.25, 0.3) is 0 Å². The first-order valence-corrected chi connectivity index (χ1v) is 3.50. The van der Waals surface area contributed by atoms with Gasteiger partial charge in [-0.05, 0) is 32.1 Å². The van der Waals surface area contributed by atoms with E-state index in [9.17, 15) is 5.11 Å². The van der Waals surface area contributed by atoms with Crippen molar-refractivity contribution in [3.63, 3.8) is 0 Å². The topological polar surface area (TPSA) is 40.5 Å². The summed E-state index contributed by atoms with van der Waals surface area (Å²) in [6.07, 6.45) is 2.73. The van der Waals surface area contributed by atoms with Gasteiger partial charge in [-0.1, -0.05) is 0 Å². The van der Waals surface area contributed by atoms with E-state index in [0.29, 0.717) is 5.92 Å². The largest absolute Gasteiger partial charge is 0.396 e. The summed E-state index contributed by atoms with van der Waals surface area (Å²) in [7, 11) is 0. The van der Waals surface area contributed by atoms with Gasteiger partial charge in [0.15, 0.2) is 0 Å². The van der Waals surface area contributed by atoms with Crippen LogP contribution in [0.4, 0.5) is 0 Å². The molecule has 0 aromatic rings. The fourth-order valence-corrected chi connectivity index (χ4v) is 1.19. The van der Waals surface area contributed by atoms with Crippen molar-refractivity contribution >= 4 is 0 Å². The van der Waals surface area contributed by atoms with E-state index in [0.717, 1.165) is 19.3 Å². The molecule has 2 nitrogen and oxygen atoms in total. The Morgan fingerprint density at radius 3 is 2.56 bits per heavy atom. The van der Waals surface area contributed by atoms with Crippen LogP contribution in [0.15, 0.2) is 0 Å². The second-order valence-electron chi connectivity index (χ2n) is 3.12. The Kier molecular flexibility index (Phi) is 1.78. The zero-order chi connectivity index (χ0) is 6.91. The maximum absolute atomic E-state index is 9.24. The van der Waals surface area contributed by atoms with E-state index in [1.807, 2.05) is 6.92 Å². The molecule has 2 heteroatoms.